The van der Waals surface area contributed by atoms with Crippen molar-refractivity contribution in [1.82, 2.24) is 14.9 Å². The van der Waals surface area contributed by atoms with Crippen LogP contribution in [-0.2, 0) is 6.54 Å². The molecule has 1 aliphatic rings. The van der Waals surface area contributed by atoms with Gasteiger partial charge in [-0.3, -0.25) is 4.90 Å². The summed E-state index contributed by atoms with van der Waals surface area (Å²) in [6.45, 7) is 3.12. The third-order valence-corrected chi connectivity index (χ3v) is 5.24. The molecule has 1 fully saturated rings. The number of ether oxygens (including phenoxy) is 2. The molecule has 3 aromatic rings. The summed E-state index contributed by atoms with van der Waals surface area (Å²) in [5, 5.41) is 4.52. The highest BCUT2D eigenvalue weighted by atomic mass is 16.5. The summed E-state index contributed by atoms with van der Waals surface area (Å²) in [5.41, 5.74) is 2.18. The van der Waals surface area contributed by atoms with Crippen molar-refractivity contribution in [2.75, 3.05) is 32.6 Å². The predicted molar refractivity (Wildman–Crippen MR) is 111 cm³/mol. The van der Waals surface area contributed by atoms with Gasteiger partial charge < -0.3 is 14.8 Å². The molecule has 0 atom stereocenters. The van der Waals surface area contributed by atoms with Gasteiger partial charge in [-0.25, -0.2) is 0 Å². The van der Waals surface area contributed by atoms with Crippen molar-refractivity contribution in [3.8, 4) is 11.8 Å². The largest absolute Gasteiger partial charge is 0.496 e. The number of benzene rings is 2. The molecule has 0 saturated carbocycles. The van der Waals surface area contributed by atoms with Gasteiger partial charge in [0.2, 0.25) is 0 Å². The molecular weight excluding hydrogens is 352 g/mol. The molecule has 4 rings (SSSR count). The Bertz CT molecular complexity index is 924. The first kappa shape index (κ1) is 18.5. The van der Waals surface area contributed by atoms with E-state index in [0.29, 0.717) is 12.1 Å². The summed E-state index contributed by atoms with van der Waals surface area (Å²) in [6, 6.07) is 17.2. The van der Waals surface area contributed by atoms with Crippen LogP contribution in [0.5, 0.6) is 11.8 Å². The predicted octanol–water partition coefficient (Wildman–Crippen LogP) is 3.72. The van der Waals surface area contributed by atoms with Crippen molar-refractivity contribution >= 4 is 16.7 Å². The molecular formula is C22H26N4O2. The Morgan fingerprint density at radius 2 is 1.75 bits per heavy atom. The molecule has 6 heteroatoms. The molecule has 0 bridgehead atoms. The number of nitrogens with zero attached hydrogens (tertiary/aromatic N) is 3. The van der Waals surface area contributed by atoms with Gasteiger partial charge in [0.15, 0.2) is 0 Å². The molecule has 146 valence electrons. The summed E-state index contributed by atoms with van der Waals surface area (Å²) in [6.07, 6.45) is 2.13. The van der Waals surface area contributed by atoms with Gasteiger partial charge in [0, 0.05) is 25.7 Å². The first-order valence-corrected chi connectivity index (χ1v) is 9.68. The molecule has 1 aromatic heterocycles. The topological polar surface area (TPSA) is 59.5 Å². The molecule has 28 heavy (non-hydrogen) atoms. The van der Waals surface area contributed by atoms with Crippen LogP contribution in [0.15, 0.2) is 48.5 Å². The van der Waals surface area contributed by atoms with E-state index in [9.17, 15) is 0 Å². The lowest BCUT2D eigenvalue weighted by atomic mass is 10.0. The summed E-state index contributed by atoms with van der Waals surface area (Å²) in [5.74, 6) is 1.55. The summed E-state index contributed by atoms with van der Waals surface area (Å²) in [4.78, 5) is 11.5. The maximum atomic E-state index is 5.55. The highest BCUT2D eigenvalue weighted by molar-refractivity contribution is 5.95. The van der Waals surface area contributed by atoms with E-state index in [4.69, 9.17) is 9.47 Å². The van der Waals surface area contributed by atoms with Gasteiger partial charge in [-0.2, -0.15) is 9.97 Å². The van der Waals surface area contributed by atoms with Crippen LogP contribution in [0.1, 0.15) is 18.4 Å². The number of methoxy groups -OCH3 is 2. The standard InChI is InChI=1S/C22H26N4O2/c1-27-19-10-6-9-18-20(19)21(25-22(24-18)28-2)23-17-11-13-26(14-12-17)15-16-7-4-3-5-8-16/h3-10,17H,11-15H2,1-2H3,(H,23,24,25). The van der Waals surface area contributed by atoms with E-state index in [1.165, 1.54) is 5.56 Å². The zero-order chi connectivity index (χ0) is 19.3. The molecule has 1 N–H and O–H groups in total. The fourth-order valence-corrected chi connectivity index (χ4v) is 3.77. The van der Waals surface area contributed by atoms with Crippen LogP contribution in [0.2, 0.25) is 0 Å². The normalized spacial score (nSPS) is 15.5. The fourth-order valence-electron chi connectivity index (χ4n) is 3.77. The smallest absolute Gasteiger partial charge is 0.318 e. The first-order chi connectivity index (χ1) is 13.8. The number of hydrogen-bond acceptors (Lipinski definition) is 6. The maximum Gasteiger partial charge on any atom is 0.318 e. The number of fused-ring (bicyclic) bond motifs is 1. The Morgan fingerprint density at radius 3 is 2.46 bits per heavy atom. The number of hydrogen-bond donors (Lipinski definition) is 1. The van der Waals surface area contributed by atoms with Crippen molar-refractivity contribution in [2.24, 2.45) is 0 Å². The van der Waals surface area contributed by atoms with Gasteiger partial charge in [-0.15, -0.1) is 0 Å². The van der Waals surface area contributed by atoms with Crippen molar-refractivity contribution in [1.29, 1.82) is 0 Å². The van der Waals surface area contributed by atoms with E-state index >= 15 is 0 Å². The number of nitrogens with one attached hydrogen (secondary N) is 1. The van der Waals surface area contributed by atoms with Gasteiger partial charge in [-0.05, 0) is 30.5 Å². The van der Waals surface area contributed by atoms with Gasteiger partial charge in [-0.1, -0.05) is 36.4 Å². The molecule has 0 aliphatic carbocycles. The Labute approximate surface area is 165 Å². The lowest BCUT2D eigenvalue weighted by molar-refractivity contribution is 0.211. The third kappa shape index (κ3) is 4.02. The van der Waals surface area contributed by atoms with Gasteiger partial charge >= 0.3 is 6.01 Å². The van der Waals surface area contributed by atoms with Crippen molar-refractivity contribution in [2.45, 2.75) is 25.4 Å². The molecule has 0 unspecified atom stereocenters. The van der Waals surface area contributed by atoms with Crippen LogP contribution < -0.4 is 14.8 Å². The van der Waals surface area contributed by atoms with E-state index in [1.54, 1.807) is 14.2 Å². The Kier molecular flexibility index (Phi) is 5.58. The summed E-state index contributed by atoms with van der Waals surface area (Å²) < 4.78 is 10.8. The van der Waals surface area contributed by atoms with Gasteiger partial charge in [0.1, 0.15) is 11.6 Å². The van der Waals surface area contributed by atoms with Crippen molar-refractivity contribution < 1.29 is 9.47 Å². The Morgan fingerprint density at radius 1 is 0.964 bits per heavy atom. The van der Waals surface area contributed by atoms with Crippen LogP contribution in [0.4, 0.5) is 5.82 Å². The lowest BCUT2D eigenvalue weighted by Gasteiger charge is -2.32. The van der Waals surface area contributed by atoms with Gasteiger partial charge in [0.25, 0.3) is 0 Å². The van der Waals surface area contributed by atoms with Crippen LogP contribution in [0.25, 0.3) is 10.9 Å². The molecule has 6 nitrogen and oxygen atoms in total. The minimum atomic E-state index is 0.361. The number of piperidine rings is 1. The molecule has 2 aromatic carbocycles. The Hall–Kier alpha value is -2.86. The summed E-state index contributed by atoms with van der Waals surface area (Å²) >= 11 is 0. The SMILES string of the molecule is COc1nc(NC2CCN(Cc3ccccc3)CC2)c2c(OC)cccc2n1. The zero-order valence-corrected chi connectivity index (χ0v) is 16.4. The van der Waals surface area contributed by atoms with Crippen molar-refractivity contribution in [3.05, 3.63) is 54.1 Å². The minimum absolute atomic E-state index is 0.361. The number of aromatic nitrogens is 2. The highest BCUT2D eigenvalue weighted by Crippen LogP contribution is 2.32. The van der Waals surface area contributed by atoms with E-state index in [-0.39, 0.29) is 0 Å². The number of anilines is 1. The van der Waals surface area contributed by atoms with E-state index in [1.807, 2.05) is 18.2 Å². The average molecular weight is 378 g/mol. The molecule has 1 aliphatic heterocycles. The van der Waals surface area contributed by atoms with Crippen LogP contribution in [0.3, 0.4) is 0 Å². The van der Waals surface area contributed by atoms with Crippen LogP contribution >= 0.6 is 0 Å². The molecule has 0 spiro atoms. The maximum absolute atomic E-state index is 5.55. The zero-order valence-electron chi connectivity index (χ0n) is 16.4. The first-order valence-electron chi connectivity index (χ1n) is 9.68. The number of rotatable bonds is 6. The molecule has 1 saturated heterocycles. The van der Waals surface area contributed by atoms with E-state index < -0.39 is 0 Å². The summed E-state index contributed by atoms with van der Waals surface area (Å²) in [7, 11) is 3.26. The Balaban J connectivity index is 1.48. The third-order valence-electron chi connectivity index (χ3n) is 5.24. The highest BCUT2D eigenvalue weighted by Gasteiger charge is 2.21. The average Bonchev–Trinajstić information content (AvgIpc) is 2.75. The quantitative estimate of drug-likeness (QED) is 0.705. The van der Waals surface area contributed by atoms with E-state index in [2.05, 4.69) is 50.5 Å². The van der Waals surface area contributed by atoms with Crippen LogP contribution in [0, 0.1) is 0 Å². The second-order valence-corrected chi connectivity index (χ2v) is 7.09. The second-order valence-electron chi connectivity index (χ2n) is 7.09. The van der Waals surface area contributed by atoms with Gasteiger partial charge in [0.05, 0.1) is 25.1 Å². The molecule has 0 amide bonds. The molecule has 2 heterocycles. The number of likely N-dealkylation sites (tertiary alicyclic amines) is 1. The monoisotopic (exact) mass is 378 g/mol. The van der Waals surface area contributed by atoms with E-state index in [0.717, 1.165) is 54.9 Å². The second kappa shape index (κ2) is 8.44. The lowest BCUT2D eigenvalue weighted by Crippen LogP contribution is -2.38. The fraction of sp³-hybridized carbons (Fsp3) is 0.364. The molecule has 0 radical (unpaired) electrons. The minimum Gasteiger partial charge on any atom is -0.496 e. The van der Waals surface area contributed by atoms with Crippen LogP contribution in [-0.4, -0.2) is 48.2 Å². The van der Waals surface area contributed by atoms with Crippen molar-refractivity contribution in [3.63, 3.8) is 0 Å².